The predicted molar refractivity (Wildman–Crippen MR) is 98.8 cm³/mol. The molecule has 30 heavy (non-hydrogen) atoms. The van der Waals surface area contributed by atoms with Crippen LogP contribution in [0.2, 0.25) is 5.02 Å². The molecule has 1 amide bonds. The molecule has 0 unspecified atom stereocenters. The van der Waals surface area contributed by atoms with Crippen LogP contribution in [0.25, 0.3) is 11.3 Å². The van der Waals surface area contributed by atoms with E-state index in [0.717, 1.165) is 4.68 Å². The molecule has 0 saturated heterocycles. The molecule has 0 radical (unpaired) electrons. The Labute approximate surface area is 173 Å². The average Bonchev–Trinajstić information content (AvgIpc) is 3.27. The molecule has 0 bridgehead atoms. The number of aliphatic hydroxyl groups is 1. The third kappa shape index (κ3) is 5.10. The number of ether oxygens (including phenoxy) is 1. The zero-order valence-electron chi connectivity index (χ0n) is 15.5. The second-order valence-corrected chi connectivity index (χ2v) is 6.61. The highest BCUT2D eigenvalue weighted by Gasteiger charge is 2.28. The van der Waals surface area contributed by atoms with Crippen molar-refractivity contribution in [1.29, 1.82) is 0 Å². The van der Waals surface area contributed by atoms with Gasteiger partial charge >= 0.3 is 6.18 Å². The van der Waals surface area contributed by atoms with Gasteiger partial charge in [0.25, 0.3) is 5.91 Å². The molecule has 2 heterocycles. The number of carbonyl (C=O) groups is 1. The highest BCUT2D eigenvalue weighted by molar-refractivity contribution is 6.30. The number of aromatic nitrogens is 3. The number of hydrogen-bond donors (Lipinski definition) is 2. The summed E-state index contributed by atoms with van der Waals surface area (Å²) < 4.78 is 48.6. The van der Waals surface area contributed by atoms with Crippen LogP contribution in [0, 0.1) is 0 Å². The molecule has 2 N–H and O–H groups in total. The van der Waals surface area contributed by atoms with Crippen molar-refractivity contribution in [2.45, 2.75) is 19.4 Å². The van der Waals surface area contributed by atoms with Crippen LogP contribution in [-0.2, 0) is 20.3 Å². The number of hydrogen-bond acceptors (Lipinski definition) is 6. The number of rotatable bonds is 7. The summed E-state index contributed by atoms with van der Waals surface area (Å²) in [7, 11) is 1.40. The molecule has 0 spiro atoms. The van der Waals surface area contributed by atoms with Crippen molar-refractivity contribution < 1.29 is 32.3 Å². The fraction of sp³-hybridized carbons (Fsp3) is 0.278. The molecule has 3 aromatic rings. The van der Waals surface area contributed by atoms with Crippen LogP contribution in [-0.4, -0.2) is 38.7 Å². The van der Waals surface area contributed by atoms with Gasteiger partial charge in [0.1, 0.15) is 31.1 Å². The van der Waals surface area contributed by atoms with E-state index in [1.807, 2.05) is 0 Å². The van der Waals surface area contributed by atoms with E-state index in [0.29, 0.717) is 21.8 Å². The molecule has 0 atom stereocenters. The first-order valence-electron chi connectivity index (χ1n) is 8.54. The highest BCUT2D eigenvalue weighted by Crippen LogP contribution is 2.28. The molecule has 2 aromatic heterocycles. The number of carbonyl (C=O) groups excluding carboxylic acids is 1. The Morgan fingerprint density at radius 2 is 2.03 bits per heavy atom. The third-order valence-electron chi connectivity index (χ3n) is 4.03. The summed E-state index contributed by atoms with van der Waals surface area (Å²) in [5.41, 5.74) is 1.44. The zero-order chi connectivity index (χ0) is 21.9. The van der Waals surface area contributed by atoms with Crippen molar-refractivity contribution in [3.63, 3.8) is 0 Å². The van der Waals surface area contributed by atoms with E-state index < -0.39 is 25.2 Å². The number of aliphatic hydroxyl groups excluding tert-OH is 1. The number of nitrogens with zero attached hydrogens (tertiary/aromatic N) is 3. The molecular weight excluding hydrogens is 429 g/mol. The largest absolute Gasteiger partial charge is 0.471 e. The van der Waals surface area contributed by atoms with E-state index in [9.17, 15) is 23.1 Å². The average molecular weight is 445 g/mol. The van der Waals surface area contributed by atoms with E-state index >= 15 is 0 Å². The molecule has 1 aromatic carbocycles. The number of alkyl halides is 3. The zero-order valence-corrected chi connectivity index (χ0v) is 16.3. The SMILES string of the molecule is Cn1nc(OCc2c(-c3ccc(Cl)cc3)noc2CO)cc1C(=O)NCC(F)(F)F. The molecule has 12 heteroatoms. The second kappa shape index (κ2) is 8.76. The Morgan fingerprint density at radius 3 is 2.67 bits per heavy atom. The minimum absolute atomic E-state index is 0.00167. The lowest BCUT2D eigenvalue weighted by atomic mass is 10.1. The Kier molecular flexibility index (Phi) is 6.32. The fourth-order valence-electron chi connectivity index (χ4n) is 2.59. The molecule has 0 aliphatic heterocycles. The molecule has 0 saturated carbocycles. The van der Waals surface area contributed by atoms with Crippen molar-refractivity contribution in [3.05, 3.63) is 52.4 Å². The summed E-state index contributed by atoms with van der Waals surface area (Å²) in [6, 6.07) is 7.97. The van der Waals surface area contributed by atoms with Gasteiger partial charge in [-0.1, -0.05) is 28.9 Å². The van der Waals surface area contributed by atoms with Crippen LogP contribution < -0.4 is 10.1 Å². The van der Waals surface area contributed by atoms with Crippen LogP contribution in [0.3, 0.4) is 0 Å². The smallest absolute Gasteiger partial charge is 0.405 e. The predicted octanol–water partition coefficient (Wildman–Crippen LogP) is 3.09. The van der Waals surface area contributed by atoms with Crippen LogP contribution in [0.1, 0.15) is 21.8 Å². The second-order valence-electron chi connectivity index (χ2n) is 6.18. The van der Waals surface area contributed by atoms with Crippen molar-refractivity contribution >= 4 is 17.5 Å². The summed E-state index contributed by atoms with van der Waals surface area (Å²) in [5.74, 6) is -0.763. The van der Waals surface area contributed by atoms with Crippen molar-refractivity contribution in [3.8, 4) is 17.1 Å². The molecular formula is C18H16ClF3N4O4. The van der Waals surface area contributed by atoms with E-state index in [1.165, 1.54) is 13.1 Å². The Morgan fingerprint density at radius 1 is 1.33 bits per heavy atom. The third-order valence-corrected chi connectivity index (χ3v) is 4.29. The maximum absolute atomic E-state index is 12.3. The summed E-state index contributed by atoms with van der Waals surface area (Å²) in [4.78, 5) is 11.9. The Hall–Kier alpha value is -3.05. The van der Waals surface area contributed by atoms with Gasteiger partial charge in [-0.25, -0.2) is 0 Å². The van der Waals surface area contributed by atoms with Crippen LogP contribution in [0.5, 0.6) is 5.88 Å². The van der Waals surface area contributed by atoms with Gasteiger partial charge in [-0.2, -0.15) is 13.2 Å². The van der Waals surface area contributed by atoms with Gasteiger partial charge < -0.3 is 19.7 Å². The molecule has 3 rings (SSSR count). The summed E-state index contributed by atoms with van der Waals surface area (Å²) >= 11 is 5.89. The number of amides is 1. The van der Waals surface area contributed by atoms with Crippen LogP contribution >= 0.6 is 11.6 Å². The van der Waals surface area contributed by atoms with Gasteiger partial charge in [0.15, 0.2) is 5.76 Å². The summed E-state index contributed by atoms with van der Waals surface area (Å²) in [6.07, 6.45) is -4.53. The van der Waals surface area contributed by atoms with Gasteiger partial charge in [0.2, 0.25) is 5.88 Å². The summed E-state index contributed by atoms with van der Waals surface area (Å²) in [6.45, 7) is -2.00. The first-order chi connectivity index (χ1) is 14.2. The van der Waals surface area contributed by atoms with Gasteiger partial charge in [-0.15, -0.1) is 5.10 Å². The van der Waals surface area contributed by atoms with Crippen LogP contribution in [0.4, 0.5) is 13.2 Å². The number of benzene rings is 1. The lowest BCUT2D eigenvalue weighted by molar-refractivity contribution is -0.123. The van der Waals surface area contributed by atoms with E-state index in [-0.39, 0.29) is 23.9 Å². The van der Waals surface area contributed by atoms with Crippen molar-refractivity contribution in [2.24, 2.45) is 7.05 Å². The maximum atomic E-state index is 12.3. The minimum Gasteiger partial charge on any atom is -0.471 e. The number of halogens is 4. The van der Waals surface area contributed by atoms with Crippen LogP contribution in [0.15, 0.2) is 34.9 Å². The Bertz CT molecular complexity index is 1030. The van der Waals surface area contributed by atoms with Gasteiger partial charge in [-0.3, -0.25) is 9.48 Å². The molecule has 8 nitrogen and oxygen atoms in total. The molecule has 0 fully saturated rings. The van der Waals surface area contributed by atoms with Crippen molar-refractivity contribution in [1.82, 2.24) is 20.3 Å². The number of nitrogens with one attached hydrogen (secondary N) is 1. The highest BCUT2D eigenvalue weighted by atomic mass is 35.5. The quantitative estimate of drug-likeness (QED) is 0.580. The lowest BCUT2D eigenvalue weighted by Crippen LogP contribution is -2.34. The topological polar surface area (TPSA) is 102 Å². The Balaban J connectivity index is 1.75. The fourth-order valence-corrected chi connectivity index (χ4v) is 2.72. The molecule has 160 valence electrons. The van der Waals surface area contributed by atoms with E-state index in [1.54, 1.807) is 29.6 Å². The maximum Gasteiger partial charge on any atom is 0.405 e. The first kappa shape index (κ1) is 21.7. The first-order valence-corrected chi connectivity index (χ1v) is 8.91. The lowest BCUT2D eigenvalue weighted by Gasteiger charge is -2.07. The van der Waals surface area contributed by atoms with E-state index in [2.05, 4.69) is 10.3 Å². The number of aryl methyl sites for hydroxylation is 1. The standard InChI is InChI=1S/C18H16ClF3N4O4/c1-26-13(17(28)23-9-18(20,21)22)6-15(24-26)29-8-12-14(7-27)30-25-16(12)10-2-4-11(19)5-3-10/h2-6,27H,7-9H2,1H3,(H,23,28). The molecule has 0 aliphatic carbocycles. The van der Waals surface area contributed by atoms with Crippen molar-refractivity contribution in [2.75, 3.05) is 6.54 Å². The monoisotopic (exact) mass is 444 g/mol. The summed E-state index contributed by atoms with van der Waals surface area (Å²) in [5, 5.41) is 19.7. The van der Waals surface area contributed by atoms with Gasteiger partial charge in [0, 0.05) is 23.7 Å². The van der Waals surface area contributed by atoms with E-state index in [4.69, 9.17) is 20.9 Å². The molecule has 0 aliphatic rings. The van der Waals surface area contributed by atoms with Gasteiger partial charge in [-0.05, 0) is 12.1 Å². The normalized spacial score (nSPS) is 11.5. The van der Waals surface area contributed by atoms with Gasteiger partial charge in [0.05, 0.1) is 5.56 Å². The minimum atomic E-state index is -4.53.